The number of sulfonamides is 2. The van der Waals surface area contributed by atoms with Gasteiger partial charge in [-0.2, -0.15) is 57.3 Å². The number of hydrogen-bond donors (Lipinski definition) is 3. The molecule has 41 heavy (non-hydrogen) atoms. The van der Waals surface area contributed by atoms with Gasteiger partial charge in [0.2, 0.25) is 20.0 Å². The second kappa shape index (κ2) is 13.2. The van der Waals surface area contributed by atoms with Crippen LogP contribution in [0.5, 0.6) is 0 Å². The number of quaternary nitrogens is 1. The predicted molar refractivity (Wildman–Crippen MR) is 112 cm³/mol. The van der Waals surface area contributed by atoms with E-state index in [-0.39, 0.29) is 25.9 Å². The minimum atomic E-state index is -6.45. The maximum Gasteiger partial charge on any atom is 0.431 e. The van der Waals surface area contributed by atoms with E-state index in [9.17, 15) is 83.5 Å². The van der Waals surface area contributed by atoms with Gasteiger partial charge >= 0.3 is 24.7 Å². The summed E-state index contributed by atoms with van der Waals surface area (Å²) in [5.74, 6) is -3.80. The molecule has 0 amide bonds. The second-order valence-corrected chi connectivity index (χ2v) is 12.9. The average Bonchev–Trinajstić information content (AvgIpc) is 2.73. The van der Waals surface area contributed by atoms with Gasteiger partial charge in [0.15, 0.2) is 0 Å². The monoisotopic (exact) mass is 682 g/mol. The summed E-state index contributed by atoms with van der Waals surface area (Å²) < 4.78 is 226. The Hall–Kier alpha value is -1.24. The number of hydrogen-bond acceptors (Lipinski definition) is 5. The zero-order chi connectivity index (χ0) is 33.0. The second-order valence-electron chi connectivity index (χ2n) is 9.01. The zero-order valence-electron chi connectivity index (χ0n) is 20.7. The van der Waals surface area contributed by atoms with Crippen molar-refractivity contribution < 1.29 is 88.2 Å². The maximum atomic E-state index is 13.6. The van der Waals surface area contributed by atoms with E-state index in [1.54, 1.807) is 9.44 Å². The van der Waals surface area contributed by atoms with Crippen LogP contribution >= 0.6 is 0 Å². The molecule has 0 aromatic rings. The lowest BCUT2D eigenvalue weighted by molar-refractivity contribution is -1.09. The van der Waals surface area contributed by atoms with Gasteiger partial charge in [-0.1, -0.05) is 0 Å². The van der Waals surface area contributed by atoms with Crippen molar-refractivity contribution in [3.63, 3.8) is 0 Å². The van der Waals surface area contributed by atoms with Crippen molar-refractivity contribution in [3.8, 4) is 0 Å². The van der Waals surface area contributed by atoms with Crippen LogP contribution in [0.2, 0.25) is 0 Å². The Bertz CT molecular complexity index is 944. The number of hydroxylamine groups is 3. The normalized spacial score (nSPS) is 15.4. The smallest absolute Gasteiger partial charge is 0.224 e. The van der Waals surface area contributed by atoms with Gasteiger partial charge in [0.25, 0.3) is 11.3 Å². The molecule has 0 atom stereocenters. The van der Waals surface area contributed by atoms with Crippen LogP contribution in [0.15, 0.2) is 0 Å². The first-order valence-corrected chi connectivity index (χ1v) is 14.3. The van der Waals surface area contributed by atoms with Crippen LogP contribution in [0.25, 0.3) is 0 Å². The SMILES string of the molecule is C[N+](O)(CCCNS(=O)(=O)CCC(F)(C(F)(F)F)C(F)(F)F)CCCNS(=O)(=O)CCC(F)(C(F)(F)F)C(F)(F)F. The summed E-state index contributed by atoms with van der Waals surface area (Å²) in [6, 6.07) is 0. The third kappa shape index (κ3) is 11.8. The van der Waals surface area contributed by atoms with Crippen LogP contribution in [0.3, 0.4) is 0 Å². The Balaban J connectivity index is 4.72. The molecule has 0 aromatic carbocycles. The Morgan fingerprint density at radius 3 is 1.02 bits per heavy atom. The largest absolute Gasteiger partial charge is 0.431 e. The Labute approximate surface area is 224 Å². The molecule has 0 bridgehead atoms. The maximum absolute atomic E-state index is 13.6. The zero-order valence-corrected chi connectivity index (χ0v) is 22.3. The standard InChI is InChI=1S/C17H26F14N3O5S2/c1-34(35,8-2-6-32-40(36,37)10-4-12(18,14(20,21)22)15(23,24)25)9-3-7-33-41(38,39)11-5-13(19,16(26,27)28)17(29,30)31/h32-33,35H,2-11H2,1H3/q+1. The number of nitrogens with zero attached hydrogens (tertiary/aromatic N) is 1. The first-order valence-electron chi connectivity index (χ1n) is 11.0. The molecular formula is C17H26F14N3O5S2+. The molecule has 0 aromatic heterocycles. The van der Waals surface area contributed by atoms with Gasteiger partial charge in [-0.25, -0.2) is 40.3 Å². The van der Waals surface area contributed by atoms with E-state index in [1.807, 2.05) is 0 Å². The molecule has 0 spiro atoms. The molecule has 0 heterocycles. The summed E-state index contributed by atoms with van der Waals surface area (Å²) in [5.41, 5.74) is -11.6. The van der Waals surface area contributed by atoms with Gasteiger partial charge in [-0.05, 0) is 0 Å². The Morgan fingerprint density at radius 2 is 0.805 bits per heavy atom. The lowest BCUT2D eigenvalue weighted by atomic mass is 10.0. The first-order chi connectivity index (χ1) is 17.8. The van der Waals surface area contributed by atoms with E-state index in [1.165, 1.54) is 0 Å². The van der Waals surface area contributed by atoms with E-state index in [2.05, 4.69) is 0 Å². The van der Waals surface area contributed by atoms with Crippen molar-refractivity contribution in [2.24, 2.45) is 0 Å². The summed E-state index contributed by atoms with van der Waals surface area (Å²) >= 11 is 0. The molecular weight excluding hydrogens is 656 g/mol. The van der Waals surface area contributed by atoms with E-state index in [0.717, 1.165) is 7.05 Å². The molecule has 24 heteroatoms. The fourth-order valence-electron chi connectivity index (χ4n) is 2.99. The molecule has 8 nitrogen and oxygen atoms in total. The summed E-state index contributed by atoms with van der Waals surface area (Å²) in [7, 11) is -8.63. The topological polar surface area (TPSA) is 113 Å². The lowest BCUT2D eigenvalue weighted by Crippen LogP contribution is -2.54. The third-order valence-electron chi connectivity index (χ3n) is 5.51. The molecule has 0 radical (unpaired) electrons. The van der Waals surface area contributed by atoms with Gasteiger partial charge < -0.3 is 0 Å². The molecule has 0 aliphatic carbocycles. The third-order valence-corrected chi connectivity index (χ3v) is 8.28. The van der Waals surface area contributed by atoms with Crippen molar-refractivity contribution in [3.05, 3.63) is 0 Å². The highest BCUT2D eigenvalue weighted by atomic mass is 32.2. The van der Waals surface area contributed by atoms with Crippen LogP contribution in [0, 0.1) is 0 Å². The molecule has 0 fully saturated rings. The molecule has 3 N–H and O–H groups in total. The minimum Gasteiger partial charge on any atom is -0.224 e. The molecule has 0 saturated heterocycles. The average molecular weight is 683 g/mol. The van der Waals surface area contributed by atoms with Gasteiger partial charge in [0, 0.05) is 38.8 Å². The van der Waals surface area contributed by atoms with Gasteiger partial charge in [-0.3, -0.25) is 0 Å². The fraction of sp³-hybridized carbons (Fsp3) is 1.00. The first kappa shape index (κ1) is 39.8. The molecule has 0 unspecified atom stereocenters. The summed E-state index contributed by atoms with van der Waals surface area (Å²) in [6.07, 6.45) is -31.4. The quantitative estimate of drug-likeness (QED) is 0.0991. The number of nitrogens with one attached hydrogen (secondary N) is 2. The highest BCUT2D eigenvalue weighted by Crippen LogP contribution is 2.49. The fourth-order valence-corrected chi connectivity index (χ4v) is 5.29. The summed E-state index contributed by atoms with van der Waals surface area (Å²) in [5, 5.41) is 10.1. The van der Waals surface area contributed by atoms with E-state index >= 15 is 0 Å². The Kier molecular flexibility index (Phi) is 12.8. The Morgan fingerprint density at radius 1 is 0.561 bits per heavy atom. The van der Waals surface area contributed by atoms with Crippen molar-refractivity contribution in [2.75, 3.05) is 44.7 Å². The molecule has 248 valence electrons. The molecule has 0 saturated carbocycles. The molecule has 0 aliphatic rings. The van der Waals surface area contributed by atoms with Crippen LogP contribution in [0.1, 0.15) is 25.7 Å². The highest BCUT2D eigenvalue weighted by molar-refractivity contribution is 7.89. The van der Waals surface area contributed by atoms with Crippen molar-refractivity contribution in [1.29, 1.82) is 0 Å². The van der Waals surface area contributed by atoms with Crippen LogP contribution in [0.4, 0.5) is 61.5 Å². The molecule has 0 rings (SSSR count). The lowest BCUT2D eigenvalue weighted by Gasteiger charge is -2.29. The van der Waals surface area contributed by atoms with Crippen molar-refractivity contribution in [2.45, 2.75) is 61.7 Å². The van der Waals surface area contributed by atoms with Crippen LogP contribution in [-0.4, -0.2) is 107 Å². The van der Waals surface area contributed by atoms with E-state index < -0.39 is 98.2 Å². The summed E-state index contributed by atoms with van der Waals surface area (Å²) in [6.45, 7) is -2.03. The van der Waals surface area contributed by atoms with E-state index in [4.69, 9.17) is 0 Å². The van der Waals surface area contributed by atoms with Crippen LogP contribution in [-0.2, 0) is 20.0 Å². The van der Waals surface area contributed by atoms with Gasteiger partial charge in [-0.15, -0.1) is 0 Å². The summed E-state index contributed by atoms with van der Waals surface area (Å²) in [4.78, 5) is 0. The number of halogens is 14. The van der Waals surface area contributed by atoms with E-state index in [0.29, 0.717) is 0 Å². The van der Waals surface area contributed by atoms with Gasteiger partial charge in [0.1, 0.15) is 13.1 Å². The highest BCUT2D eigenvalue weighted by Gasteiger charge is 2.73. The number of alkyl halides is 14. The predicted octanol–water partition coefficient (Wildman–Crippen LogP) is 3.89. The van der Waals surface area contributed by atoms with Crippen molar-refractivity contribution in [1.82, 2.24) is 9.44 Å². The van der Waals surface area contributed by atoms with Gasteiger partial charge in [0.05, 0.1) is 18.6 Å². The van der Waals surface area contributed by atoms with Crippen LogP contribution < -0.4 is 9.44 Å². The van der Waals surface area contributed by atoms with Crippen molar-refractivity contribution >= 4 is 20.0 Å². The minimum absolute atomic E-state index is 0.315. The molecule has 0 aliphatic heterocycles. The number of rotatable bonds is 16.